The fraction of sp³-hybridized carbons (Fsp3) is 0.522. The first kappa shape index (κ1) is 23.4. The molecule has 30 heavy (non-hydrogen) atoms. The molecule has 0 saturated heterocycles. The quantitative estimate of drug-likeness (QED) is 0.186. The Balaban J connectivity index is 1.63. The van der Waals surface area contributed by atoms with Crippen LogP contribution in [0.3, 0.4) is 0 Å². The van der Waals surface area contributed by atoms with E-state index in [0.717, 1.165) is 25.7 Å². The lowest BCUT2D eigenvalue weighted by Crippen LogP contribution is -2.24. The average Bonchev–Trinajstić information content (AvgIpc) is 2.72. The third-order valence-corrected chi connectivity index (χ3v) is 4.93. The zero-order valence-corrected chi connectivity index (χ0v) is 17.7. The molecule has 0 aromatic heterocycles. The van der Waals surface area contributed by atoms with Crippen LogP contribution in [0.15, 0.2) is 36.4 Å². The van der Waals surface area contributed by atoms with E-state index in [4.69, 9.17) is 18.9 Å². The molecule has 1 aliphatic carbocycles. The van der Waals surface area contributed by atoms with Gasteiger partial charge in [0.25, 0.3) is 0 Å². The van der Waals surface area contributed by atoms with Crippen molar-refractivity contribution < 1.29 is 33.3 Å². The van der Waals surface area contributed by atoms with Gasteiger partial charge in [0.15, 0.2) is 0 Å². The summed E-state index contributed by atoms with van der Waals surface area (Å²) in [6.07, 6.45) is 4.10. The molecule has 0 unspecified atom stereocenters. The summed E-state index contributed by atoms with van der Waals surface area (Å²) in [5, 5.41) is 0. The first-order chi connectivity index (χ1) is 14.3. The Morgan fingerprint density at radius 3 is 2.00 bits per heavy atom. The Morgan fingerprint density at radius 2 is 1.43 bits per heavy atom. The second-order valence-electron chi connectivity index (χ2n) is 7.67. The van der Waals surface area contributed by atoms with Gasteiger partial charge in [-0.25, -0.2) is 9.59 Å². The fourth-order valence-electron chi connectivity index (χ4n) is 3.04. The molecule has 0 atom stereocenters. The summed E-state index contributed by atoms with van der Waals surface area (Å²) in [6.45, 7) is 7.66. The number of rotatable bonds is 9. The van der Waals surface area contributed by atoms with Gasteiger partial charge in [-0.05, 0) is 75.6 Å². The topological polar surface area (TPSA) is 88.1 Å². The maximum atomic E-state index is 12.2. The minimum absolute atomic E-state index is 0.0450. The second-order valence-corrected chi connectivity index (χ2v) is 7.67. The van der Waals surface area contributed by atoms with Gasteiger partial charge < -0.3 is 18.9 Å². The first-order valence-corrected chi connectivity index (χ1v) is 10.3. The Labute approximate surface area is 177 Å². The van der Waals surface area contributed by atoms with Crippen LogP contribution in [0, 0.1) is 11.8 Å². The number of carbonyl (C=O) groups is 3. The van der Waals surface area contributed by atoms with Crippen molar-refractivity contribution in [2.75, 3.05) is 13.2 Å². The summed E-state index contributed by atoms with van der Waals surface area (Å²) < 4.78 is 20.4. The minimum Gasteiger partial charge on any atom is -0.462 e. The van der Waals surface area contributed by atoms with Crippen LogP contribution in [-0.4, -0.2) is 31.3 Å². The molecule has 0 aliphatic heterocycles. The van der Waals surface area contributed by atoms with Crippen LogP contribution in [0.2, 0.25) is 0 Å². The van der Waals surface area contributed by atoms with Gasteiger partial charge in [-0.3, -0.25) is 4.79 Å². The Hall–Kier alpha value is -2.83. The smallest absolute Gasteiger partial charge is 0.462 e. The summed E-state index contributed by atoms with van der Waals surface area (Å²) in [4.78, 5) is 35.2. The molecule has 0 spiro atoms. The van der Waals surface area contributed by atoms with Gasteiger partial charge in [0.1, 0.15) is 11.5 Å². The number of hydrogen-bond acceptors (Lipinski definition) is 7. The van der Waals surface area contributed by atoms with E-state index in [9.17, 15) is 14.4 Å². The van der Waals surface area contributed by atoms with E-state index in [1.165, 1.54) is 0 Å². The molecule has 1 saturated carbocycles. The third kappa shape index (κ3) is 8.27. The number of benzene rings is 1. The van der Waals surface area contributed by atoms with Gasteiger partial charge in [0.05, 0.1) is 19.1 Å². The van der Waals surface area contributed by atoms with Gasteiger partial charge in [0.2, 0.25) is 0 Å². The minimum atomic E-state index is -0.824. The fourth-order valence-corrected chi connectivity index (χ4v) is 3.04. The van der Waals surface area contributed by atoms with Crippen molar-refractivity contribution >= 4 is 18.1 Å². The van der Waals surface area contributed by atoms with E-state index < -0.39 is 12.1 Å². The monoisotopic (exact) mass is 418 g/mol. The second kappa shape index (κ2) is 12.0. The van der Waals surface area contributed by atoms with Crippen molar-refractivity contribution in [3.63, 3.8) is 0 Å². The predicted molar refractivity (Wildman–Crippen MR) is 110 cm³/mol. The van der Waals surface area contributed by atoms with E-state index in [0.29, 0.717) is 35.8 Å². The third-order valence-electron chi connectivity index (χ3n) is 4.93. The zero-order valence-electron chi connectivity index (χ0n) is 17.7. The SMILES string of the molecule is C=C(C)C(=O)OCCCCOC(=O)Oc1ccc(OC(=O)C2CCC(C)CC2)cc1. The summed E-state index contributed by atoms with van der Waals surface area (Å²) in [5.41, 5.74) is 0.347. The average molecular weight is 418 g/mol. The lowest BCUT2D eigenvalue weighted by atomic mass is 9.83. The summed E-state index contributed by atoms with van der Waals surface area (Å²) >= 11 is 0. The molecule has 0 heterocycles. The van der Waals surface area contributed by atoms with Crippen LogP contribution in [0.5, 0.6) is 11.5 Å². The first-order valence-electron chi connectivity index (χ1n) is 10.3. The molecule has 7 nitrogen and oxygen atoms in total. The van der Waals surface area contributed by atoms with Crippen LogP contribution >= 0.6 is 0 Å². The molecular formula is C23H30O7. The Kier molecular flexibility index (Phi) is 9.38. The van der Waals surface area contributed by atoms with Gasteiger partial charge >= 0.3 is 18.1 Å². The van der Waals surface area contributed by atoms with Crippen molar-refractivity contribution in [1.82, 2.24) is 0 Å². The lowest BCUT2D eigenvalue weighted by Gasteiger charge is -2.24. The molecule has 1 fully saturated rings. The highest BCUT2D eigenvalue weighted by atomic mass is 16.7. The standard InChI is InChI=1S/C23H30O7/c1-16(2)21(24)27-14-4-5-15-28-23(26)30-20-12-10-19(11-13-20)29-22(25)18-8-6-17(3)7-9-18/h10-13,17-18H,1,4-9,14-15H2,2-3H3. The summed E-state index contributed by atoms with van der Waals surface area (Å²) in [7, 11) is 0. The van der Waals surface area contributed by atoms with Crippen LogP contribution in [0.25, 0.3) is 0 Å². The van der Waals surface area contributed by atoms with Gasteiger partial charge in [-0.2, -0.15) is 0 Å². The summed E-state index contributed by atoms with van der Waals surface area (Å²) in [5.74, 6) is 0.702. The van der Waals surface area contributed by atoms with Crippen LogP contribution in [-0.2, 0) is 19.1 Å². The molecule has 7 heteroatoms. The van der Waals surface area contributed by atoms with Crippen molar-refractivity contribution in [3.8, 4) is 11.5 Å². The van der Waals surface area contributed by atoms with E-state index in [-0.39, 0.29) is 25.1 Å². The number of hydrogen-bond donors (Lipinski definition) is 0. The Bertz CT molecular complexity index is 730. The molecule has 0 amide bonds. The molecule has 1 aromatic carbocycles. The van der Waals surface area contributed by atoms with E-state index in [1.807, 2.05) is 0 Å². The number of unbranched alkanes of at least 4 members (excludes halogenated alkanes) is 1. The van der Waals surface area contributed by atoms with E-state index >= 15 is 0 Å². The van der Waals surface area contributed by atoms with Gasteiger partial charge in [-0.15, -0.1) is 0 Å². The normalized spacial score (nSPS) is 18.2. The molecule has 164 valence electrons. The van der Waals surface area contributed by atoms with Crippen LogP contribution in [0.4, 0.5) is 4.79 Å². The highest BCUT2D eigenvalue weighted by molar-refractivity contribution is 5.86. The van der Waals surface area contributed by atoms with Crippen molar-refractivity contribution in [2.45, 2.75) is 52.4 Å². The van der Waals surface area contributed by atoms with E-state index in [2.05, 4.69) is 13.5 Å². The largest absolute Gasteiger partial charge is 0.513 e. The maximum absolute atomic E-state index is 12.2. The molecule has 1 aliphatic rings. The van der Waals surface area contributed by atoms with E-state index in [1.54, 1.807) is 31.2 Å². The number of carbonyl (C=O) groups excluding carboxylic acids is 3. The van der Waals surface area contributed by atoms with Gasteiger partial charge in [-0.1, -0.05) is 13.5 Å². The van der Waals surface area contributed by atoms with Gasteiger partial charge in [0, 0.05) is 5.57 Å². The molecule has 0 bridgehead atoms. The number of esters is 2. The Morgan fingerprint density at radius 1 is 0.900 bits per heavy atom. The predicted octanol–water partition coefficient (Wildman–Crippen LogP) is 4.83. The molecular weight excluding hydrogens is 388 g/mol. The zero-order chi connectivity index (χ0) is 21.9. The number of ether oxygens (including phenoxy) is 4. The van der Waals surface area contributed by atoms with Crippen molar-refractivity contribution in [1.29, 1.82) is 0 Å². The molecule has 0 radical (unpaired) electrons. The van der Waals surface area contributed by atoms with Crippen LogP contribution < -0.4 is 9.47 Å². The maximum Gasteiger partial charge on any atom is 0.513 e. The highest BCUT2D eigenvalue weighted by Gasteiger charge is 2.25. The highest BCUT2D eigenvalue weighted by Crippen LogP contribution is 2.29. The van der Waals surface area contributed by atoms with Crippen LogP contribution in [0.1, 0.15) is 52.4 Å². The summed E-state index contributed by atoms with van der Waals surface area (Å²) in [6, 6.07) is 6.26. The van der Waals surface area contributed by atoms with Crippen molar-refractivity contribution in [2.24, 2.45) is 11.8 Å². The molecule has 2 rings (SSSR count). The molecule has 0 N–H and O–H groups in total. The lowest BCUT2D eigenvalue weighted by molar-refractivity contribution is -0.140. The van der Waals surface area contributed by atoms with Crippen molar-refractivity contribution in [3.05, 3.63) is 36.4 Å². The molecule has 1 aromatic rings.